The Kier molecular flexibility index (Phi) is 5.15. The molecule has 0 spiro atoms. The highest BCUT2D eigenvalue weighted by Gasteiger charge is 2.39. The maximum Gasteiger partial charge on any atom is 0.296 e. The number of fused-ring (bicyclic) bond motifs is 2. The van der Waals surface area contributed by atoms with E-state index in [4.69, 9.17) is 4.42 Å². The topological polar surface area (TPSA) is 109 Å². The summed E-state index contributed by atoms with van der Waals surface area (Å²) in [6, 6.07) is 13.9. The molecule has 1 saturated heterocycles. The molecule has 3 aromatic rings. The van der Waals surface area contributed by atoms with Gasteiger partial charge >= 0.3 is 0 Å². The van der Waals surface area contributed by atoms with Gasteiger partial charge in [-0.25, -0.2) is 0 Å². The van der Waals surface area contributed by atoms with Crippen molar-refractivity contribution in [1.29, 1.82) is 0 Å². The quantitative estimate of drug-likeness (QED) is 0.477. The van der Waals surface area contributed by atoms with Crippen LogP contribution in [0.5, 0.6) is 0 Å². The molecule has 8 heteroatoms. The van der Waals surface area contributed by atoms with Crippen LogP contribution in [0.2, 0.25) is 0 Å². The van der Waals surface area contributed by atoms with Crippen molar-refractivity contribution in [3.63, 3.8) is 0 Å². The molecule has 1 atom stereocenters. The normalized spacial score (nSPS) is 17.4. The lowest BCUT2D eigenvalue weighted by Crippen LogP contribution is -2.52. The fourth-order valence-electron chi connectivity index (χ4n) is 4.13. The second-order valence-electron chi connectivity index (χ2n) is 7.97. The van der Waals surface area contributed by atoms with Crippen LogP contribution in [0.15, 0.2) is 52.9 Å². The van der Waals surface area contributed by atoms with Gasteiger partial charge in [-0.15, -0.1) is 0 Å². The Morgan fingerprint density at radius 3 is 2.82 bits per heavy atom. The molecular formula is C25H19N3O5. The van der Waals surface area contributed by atoms with Gasteiger partial charge in [0.15, 0.2) is 5.76 Å². The van der Waals surface area contributed by atoms with Crippen molar-refractivity contribution in [2.45, 2.75) is 32.0 Å². The van der Waals surface area contributed by atoms with Gasteiger partial charge in [-0.05, 0) is 35.6 Å². The second kappa shape index (κ2) is 8.28. The first-order valence-electron chi connectivity index (χ1n) is 10.5. The zero-order valence-electron chi connectivity index (χ0n) is 17.5. The van der Waals surface area contributed by atoms with Crippen molar-refractivity contribution in [1.82, 2.24) is 15.5 Å². The molecular weight excluding hydrogens is 422 g/mol. The van der Waals surface area contributed by atoms with Crippen molar-refractivity contribution >= 4 is 34.6 Å². The van der Waals surface area contributed by atoms with Crippen molar-refractivity contribution in [3.8, 4) is 11.8 Å². The zero-order chi connectivity index (χ0) is 22.9. The maximum absolute atomic E-state index is 12.7. The molecule has 8 nitrogen and oxygen atoms in total. The van der Waals surface area contributed by atoms with Crippen molar-refractivity contribution in [2.75, 3.05) is 0 Å². The number of nitrogens with one attached hydrogen (secondary N) is 2. The number of hydrogen-bond acceptors (Lipinski definition) is 5. The first-order valence-corrected chi connectivity index (χ1v) is 10.5. The number of imide groups is 1. The standard InChI is InChI=1S/C25H19N3O5/c29-22(9-6-18-12-16-3-1-2-4-21(16)33-18)26-13-15-5-7-19-17(11-15)14-28(25(19)32)20-8-10-23(30)27-24(20)31/h1-5,7,11-12,20H,8,10,13-14H2,(H,26,29)(H,27,30,31). The summed E-state index contributed by atoms with van der Waals surface area (Å²) in [5, 5.41) is 5.95. The summed E-state index contributed by atoms with van der Waals surface area (Å²) in [6.07, 6.45) is 0.528. The van der Waals surface area contributed by atoms with Crippen molar-refractivity contribution in [2.24, 2.45) is 0 Å². The molecule has 2 N–H and O–H groups in total. The molecule has 1 aromatic heterocycles. The second-order valence-corrected chi connectivity index (χ2v) is 7.97. The summed E-state index contributed by atoms with van der Waals surface area (Å²) in [5.74, 6) is 4.22. The molecule has 2 aliphatic rings. The zero-order valence-corrected chi connectivity index (χ0v) is 17.5. The minimum atomic E-state index is -0.653. The molecule has 3 heterocycles. The summed E-state index contributed by atoms with van der Waals surface area (Å²) in [6.45, 7) is 0.529. The number of furan rings is 1. The predicted molar refractivity (Wildman–Crippen MR) is 117 cm³/mol. The third kappa shape index (κ3) is 4.08. The number of carbonyl (C=O) groups is 4. The van der Waals surface area contributed by atoms with E-state index in [9.17, 15) is 19.2 Å². The highest BCUT2D eigenvalue weighted by Crippen LogP contribution is 2.28. The van der Waals surface area contributed by atoms with Crippen molar-refractivity contribution in [3.05, 3.63) is 71.0 Å². The first-order chi connectivity index (χ1) is 16.0. The Bertz CT molecular complexity index is 1340. The van der Waals surface area contributed by atoms with E-state index in [0.29, 0.717) is 23.3 Å². The highest BCUT2D eigenvalue weighted by atomic mass is 16.3. The van der Waals surface area contributed by atoms with Gasteiger partial charge in [0.25, 0.3) is 11.8 Å². The lowest BCUT2D eigenvalue weighted by molar-refractivity contribution is -0.137. The van der Waals surface area contributed by atoms with Crippen LogP contribution in [0.4, 0.5) is 0 Å². The van der Waals surface area contributed by atoms with Crippen LogP contribution in [0, 0.1) is 11.8 Å². The van der Waals surface area contributed by atoms with Crippen LogP contribution in [-0.2, 0) is 27.5 Å². The predicted octanol–water partition coefficient (Wildman–Crippen LogP) is 1.86. The van der Waals surface area contributed by atoms with E-state index in [1.165, 1.54) is 4.90 Å². The molecule has 0 radical (unpaired) electrons. The average Bonchev–Trinajstić information content (AvgIpc) is 3.37. The molecule has 1 fully saturated rings. The summed E-state index contributed by atoms with van der Waals surface area (Å²) in [7, 11) is 0. The summed E-state index contributed by atoms with van der Waals surface area (Å²) < 4.78 is 5.58. The number of amides is 4. The Labute approximate surface area is 188 Å². The van der Waals surface area contributed by atoms with E-state index in [-0.39, 0.29) is 31.3 Å². The summed E-state index contributed by atoms with van der Waals surface area (Å²) >= 11 is 0. The summed E-state index contributed by atoms with van der Waals surface area (Å²) in [4.78, 5) is 49.9. The molecule has 2 aromatic carbocycles. The molecule has 33 heavy (non-hydrogen) atoms. The number of para-hydroxylation sites is 1. The SMILES string of the molecule is O=C(C#Cc1cc2ccccc2o1)NCc1ccc2c(c1)CN(C1CCC(=O)NC1=O)C2=O. The van der Waals surface area contributed by atoms with Gasteiger partial charge in [-0.1, -0.05) is 30.3 Å². The molecule has 0 bridgehead atoms. The van der Waals surface area contributed by atoms with Crippen LogP contribution in [0.3, 0.4) is 0 Å². The van der Waals surface area contributed by atoms with Gasteiger partial charge in [0.2, 0.25) is 11.8 Å². The molecule has 2 aliphatic heterocycles. The molecule has 5 rings (SSSR count). The Morgan fingerprint density at radius 1 is 1.15 bits per heavy atom. The minimum absolute atomic E-state index is 0.211. The number of piperidine rings is 1. The first kappa shape index (κ1) is 20.5. The third-order valence-corrected chi connectivity index (χ3v) is 5.77. The Morgan fingerprint density at radius 2 is 2.00 bits per heavy atom. The largest absolute Gasteiger partial charge is 0.448 e. The average molecular weight is 441 g/mol. The lowest BCUT2D eigenvalue weighted by Gasteiger charge is -2.29. The van der Waals surface area contributed by atoms with Gasteiger partial charge in [-0.2, -0.15) is 0 Å². The van der Waals surface area contributed by atoms with Crippen LogP contribution >= 0.6 is 0 Å². The molecule has 164 valence electrons. The highest BCUT2D eigenvalue weighted by molar-refractivity contribution is 6.05. The van der Waals surface area contributed by atoms with E-state index in [0.717, 1.165) is 16.5 Å². The van der Waals surface area contributed by atoms with Gasteiger partial charge in [0.05, 0.1) is 0 Å². The van der Waals surface area contributed by atoms with Gasteiger partial charge in [0, 0.05) is 42.4 Å². The molecule has 4 amide bonds. The smallest absolute Gasteiger partial charge is 0.296 e. The van der Waals surface area contributed by atoms with E-state index in [1.807, 2.05) is 30.3 Å². The monoisotopic (exact) mass is 441 g/mol. The Hall–Kier alpha value is -4.38. The maximum atomic E-state index is 12.7. The fourth-order valence-corrected chi connectivity index (χ4v) is 4.13. The van der Waals surface area contributed by atoms with E-state index >= 15 is 0 Å². The summed E-state index contributed by atoms with van der Waals surface area (Å²) in [5.41, 5.74) is 2.83. The minimum Gasteiger partial charge on any atom is -0.448 e. The lowest BCUT2D eigenvalue weighted by atomic mass is 10.0. The number of carbonyl (C=O) groups excluding carboxylic acids is 4. The molecule has 1 unspecified atom stereocenters. The van der Waals surface area contributed by atoms with Crippen LogP contribution in [0.1, 0.15) is 40.1 Å². The van der Waals surface area contributed by atoms with E-state index in [2.05, 4.69) is 22.5 Å². The molecule has 0 saturated carbocycles. The van der Waals surface area contributed by atoms with E-state index in [1.54, 1.807) is 18.2 Å². The Balaban J connectivity index is 1.22. The third-order valence-electron chi connectivity index (χ3n) is 5.77. The van der Waals surface area contributed by atoms with E-state index < -0.39 is 17.9 Å². The number of benzene rings is 2. The number of rotatable bonds is 3. The van der Waals surface area contributed by atoms with Gasteiger partial charge in [-0.3, -0.25) is 24.5 Å². The van der Waals surface area contributed by atoms with Gasteiger partial charge < -0.3 is 14.6 Å². The van der Waals surface area contributed by atoms with Gasteiger partial charge in [0.1, 0.15) is 11.6 Å². The van der Waals surface area contributed by atoms with Crippen LogP contribution < -0.4 is 10.6 Å². The van der Waals surface area contributed by atoms with Crippen LogP contribution in [-0.4, -0.2) is 34.6 Å². The van der Waals surface area contributed by atoms with Crippen LogP contribution in [0.25, 0.3) is 11.0 Å². The fraction of sp³-hybridized carbons (Fsp3) is 0.200. The molecule has 0 aliphatic carbocycles. The number of nitrogens with zero attached hydrogens (tertiary/aromatic N) is 1. The number of hydrogen-bond donors (Lipinski definition) is 2. The van der Waals surface area contributed by atoms with Crippen molar-refractivity contribution < 1.29 is 23.6 Å².